The molecule has 6 heteroatoms. The van der Waals surface area contributed by atoms with Crippen molar-refractivity contribution in [1.82, 2.24) is 0 Å². The van der Waals surface area contributed by atoms with Crippen molar-refractivity contribution in [2.75, 3.05) is 17.2 Å². The first-order valence-corrected chi connectivity index (χ1v) is 7.19. The standard InChI is InChI=1S/C17H16N2O4/c1-11(20)18-12-6-8-13(9-7-12)19-17(21)16-10-22-14-4-2-3-5-15(14)23-16/h2-9,16H,10H2,1H3,(H,18,20)(H,19,21)/t16-/m0/s1. The molecule has 118 valence electrons. The van der Waals surface area contributed by atoms with E-state index in [1.54, 1.807) is 36.4 Å². The zero-order valence-corrected chi connectivity index (χ0v) is 12.5. The highest BCUT2D eigenvalue weighted by Gasteiger charge is 2.27. The van der Waals surface area contributed by atoms with Gasteiger partial charge in [0.15, 0.2) is 11.5 Å². The largest absolute Gasteiger partial charge is 0.485 e. The van der Waals surface area contributed by atoms with Gasteiger partial charge in [0, 0.05) is 18.3 Å². The Hall–Kier alpha value is -3.02. The van der Waals surface area contributed by atoms with Crippen LogP contribution in [0.3, 0.4) is 0 Å². The molecule has 0 saturated carbocycles. The molecule has 0 aromatic heterocycles. The molecule has 23 heavy (non-hydrogen) atoms. The quantitative estimate of drug-likeness (QED) is 0.912. The van der Waals surface area contributed by atoms with Gasteiger partial charge in [0.25, 0.3) is 5.91 Å². The maximum absolute atomic E-state index is 12.3. The number of carbonyl (C=O) groups excluding carboxylic acids is 2. The van der Waals surface area contributed by atoms with Crippen LogP contribution >= 0.6 is 0 Å². The first-order chi connectivity index (χ1) is 11.1. The lowest BCUT2D eigenvalue weighted by Crippen LogP contribution is -2.40. The highest BCUT2D eigenvalue weighted by Crippen LogP contribution is 2.31. The average Bonchev–Trinajstić information content (AvgIpc) is 2.55. The SMILES string of the molecule is CC(=O)Nc1ccc(NC(=O)[C@@H]2COc3ccccc3O2)cc1. The van der Waals surface area contributed by atoms with Crippen molar-refractivity contribution in [3.63, 3.8) is 0 Å². The van der Waals surface area contributed by atoms with Crippen LogP contribution in [-0.4, -0.2) is 24.5 Å². The predicted octanol–water partition coefficient (Wildman–Crippen LogP) is 2.42. The summed E-state index contributed by atoms with van der Waals surface area (Å²) in [6, 6.07) is 14.1. The number of ether oxygens (including phenoxy) is 2. The molecule has 0 saturated heterocycles. The Kier molecular flexibility index (Phi) is 4.14. The summed E-state index contributed by atoms with van der Waals surface area (Å²) in [5.41, 5.74) is 1.29. The molecular formula is C17H16N2O4. The fourth-order valence-electron chi connectivity index (χ4n) is 2.21. The summed E-state index contributed by atoms with van der Waals surface area (Å²) >= 11 is 0. The van der Waals surface area contributed by atoms with Crippen LogP contribution in [0.15, 0.2) is 48.5 Å². The number of para-hydroxylation sites is 2. The Bertz CT molecular complexity index is 728. The molecule has 3 rings (SSSR count). The zero-order valence-electron chi connectivity index (χ0n) is 12.5. The topological polar surface area (TPSA) is 76.7 Å². The van der Waals surface area contributed by atoms with Gasteiger partial charge in [-0.05, 0) is 36.4 Å². The smallest absolute Gasteiger partial charge is 0.269 e. The second kappa shape index (κ2) is 6.39. The summed E-state index contributed by atoms with van der Waals surface area (Å²) in [4.78, 5) is 23.2. The Morgan fingerprint density at radius 2 is 1.57 bits per heavy atom. The molecule has 2 aromatic carbocycles. The van der Waals surface area contributed by atoms with Crippen LogP contribution in [0, 0.1) is 0 Å². The fourth-order valence-corrected chi connectivity index (χ4v) is 2.21. The van der Waals surface area contributed by atoms with Gasteiger partial charge in [-0.25, -0.2) is 0 Å². The summed E-state index contributed by atoms with van der Waals surface area (Å²) in [5, 5.41) is 5.43. The highest BCUT2D eigenvalue weighted by molar-refractivity contribution is 5.95. The van der Waals surface area contributed by atoms with Crippen LogP contribution < -0.4 is 20.1 Å². The summed E-state index contributed by atoms with van der Waals surface area (Å²) in [7, 11) is 0. The Morgan fingerprint density at radius 3 is 2.22 bits per heavy atom. The Morgan fingerprint density at radius 1 is 0.957 bits per heavy atom. The number of fused-ring (bicyclic) bond motifs is 1. The van der Waals surface area contributed by atoms with Crippen LogP contribution in [0.25, 0.3) is 0 Å². The minimum atomic E-state index is -0.708. The minimum Gasteiger partial charge on any atom is -0.485 e. The molecule has 0 radical (unpaired) electrons. The van der Waals surface area contributed by atoms with E-state index in [0.29, 0.717) is 22.9 Å². The molecular weight excluding hydrogens is 296 g/mol. The van der Waals surface area contributed by atoms with Gasteiger partial charge in [0.1, 0.15) is 6.61 Å². The number of anilines is 2. The van der Waals surface area contributed by atoms with Crippen molar-refractivity contribution in [3.8, 4) is 11.5 Å². The lowest BCUT2D eigenvalue weighted by molar-refractivity contribution is -0.125. The fraction of sp³-hybridized carbons (Fsp3) is 0.176. The molecule has 0 aliphatic carbocycles. The number of hydrogen-bond acceptors (Lipinski definition) is 4. The van der Waals surface area contributed by atoms with Crippen molar-refractivity contribution in [2.45, 2.75) is 13.0 Å². The molecule has 0 bridgehead atoms. The summed E-state index contributed by atoms with van der Waals surface area (Å²) in [6.07, 6.45) is -0.708. The molecule has 1 heterocycles. The van der Waals surface area contributed by atoms with E-state index in [2.05, 4.69) is 10.6 Å². The first-order valence-electron chi connectivity index (χ1n) is 7.19. The second-order valence-electron chi connectivity index (χ2n) is 5.11. The summed E-state index contributed by atoms with van der Waals surface area (Å²) < 4.78 is 11.2. The van der Waals surface area contributed by atoms with Gasteiger partial charge in [-0.1, -0.05) is 12.1 Å². The van der Waals surface area contributed by atoms with E-state index in [4.69, 9.17) is 9.47 Å². The predicted molar refractivity (Wildman–Crippen MR) is 85.7 cm³/mol. The molecule has 0 unspecified atom stereocenters. The van der Waals surface area contributed by atoms with E-state index >= 15 is 0 Å². The third kappa shape index (κ3) is 3.60. The molecule has 2 aromatic rings. The van der Waals surface area contributed by atoms with Gasteiger partial charge in [-0.15, -0.1) is 0 Å². The molecule has 0 fully saturated rings. The number of nitrogens with one attached hydrogen (secondary N) is 2. The van der Waals surface area contributed by atoms with Crippen molar-refractivity contribution < 1.29 is 19.1 Å². The normalized spacial score (nSPS) is 15.6. The van der Waals surface area contributed by atoms with Crippen LogP contribution in [0.1, 0.15) is 6.92 Å². The van der Waals surface area contributed by atoms with Gasteiger partial charge in [0.05, 0.1) is 0 Å². The van der Waals surface area contributed by atoms with Crippen molar-refractivity contribution in [2.24, 2.45) is 0 Å². The van der Waals surface area contributed by atoms with E-state index < -0.39 is 6.10 Å². The average molecular weight is 312 g/mol. The maximum atomic E-state index is 12.3. The first kappa shape index (κ1) is 14.9. The second-order valence-corrected chi connectivity index (χ2v) is 5.11. The Balaban J connectivity index is 1.62. The molecule has 1 atom stereocenters. The van der Waals surface area contributed by atoms with Gasteiger partial charge in [-0.2, -0.15) is 0 Å². The van der Waals surface area contributed by atoms with E-state index in [0.717, 1.165) is 0 Å². The number of carbonyl (C=O) groups is 2. The molecule has 2 N–H and O–H groups in total. The molecule has 6 nitrogen and oxygen atoms in total. The maximum Gasteiger partial charge on any atom is 0.269 e. The van der Waals surface area contributed by atoms with Crippen LogP contribution in [0.4, 0.5) is 11.4 Å². The molecule has 1 aliphatic heterocycles. The van der Waals surface area contributed by atoms with Crippen molar-refractivity contribution in [1.29, 1.82) is 0 Å². The zero-order chi connectivity index (χ0) is 16.2. The van der Waals surface area contributed by atoms with Crippen molar-refractivity contribution >= 4 is 23.2 Å². The molecule has 0 spiro atoms. The van der Waals surface area contributed by atoms with Crippen LogP contribution in [-0.2, 0) is 9.59 Å². The van der Waals surface area contributed by atoms with E-state index in [-0.39, 0.29) is 18.4 Å². The van der Waals surface area contributed by atoms with Crippen LogP contribution in [0.5, 0.6) is 11.5 Å². The van der Waals surface area contributed by atoms with E-state index in [9.17, 15) is 9.59 Å². The van der Waals surface area contributed by atoms with Crippen LogP contribution in [0.2, 0.25) is 0 Å². The van der Waals surface area contributed by atoms with Gasteiger partial charge in [0.2, 0.25) is 12.0 Å². The number of hydrogen-bond donors (Lipinski definition) is 2. The third-order valence-electron chi connectivity index (χ3n) is 3.27. The number of benzene rings is 2. The summed E-state index contributed by atoms with van der Waals surface area (Å²) in [5.74, 6) is 0.760. The van der Waals surface area contributed by atoms with Gasteiger partial charge >= 0.3 is 0 Å². The minimum absolute atomic E-state index is 0.145. The van der Waals surface area contributed by atoms with Gasteiger partial charge in [-0.3, -0.25) is 9.59 Å². The summed E-state index contributed by atoms with van der Waals surface area (Å²) in [6.45, 7) is 1.60. The van der Waals surface area contributed by atoms with E-state index in [1.807, 2.05) is 12.1 Å². The number of amides is 2. The van der Waals surface area contributed by atoms with E-state index in [1.165, 1.54) is 6.92 Å². The number of rotatable bonds is 3. The van der Waals surface area contributed by atoms with Crippen molar-refractivity contribution in [3.05, 3.63) is 48.5 Å². The van der Waals surface area contributed by atoms with Gasteiger partial charge < -0.3 is 20.1 Å². The lowest BCUT2D eigenvalue weighted by Gasteiger charge is -2.25. The third-order valence-corrected chi connectivity index (χ3v) is 3.27. The Labute approximate surface area is 133 Å². The highest BCUT2D eigenvalue weighted by atomic mass is 16.6. The monoisotopic (exact) mass is 312 g/mol. The molecule has 2 amide bonds. The molecule has 1 aliphatic rings. The lowest BCUT2D eigenvalue weighted by atomic mass is 10.2.